The van der Waals surface area contributed by atoms with Crippen molar-refractivity contribution in [3.8, 4) is 11.4 Å². The molecule has 0 radical (unpaired) electrons. The number of likely N-dealkylation sites (tertiary alicyclic amines) is 1. The molecule has 0 atom stereocenters. The summed E-state index contributed by atoms with van der Waals surface area (Å²) in [7, 11) is 1.92. The van der Waals surface area contributed by atoms with E-state index in [1.165, 1.54) is 0 Å². The Hall–Kier alpha value is -2.06. The van der Waals surface area contributed by atoms with E-state index < -0.39 is 0 Å². The Balaban J connectivity index is 1.67. The molecule has 0 aromatic carbocycles. The molecule has 0 spiro atoms. The summed E-state index contributed by atoms with van der Waals surface area (Å²) in [5, 5.41) is 4.66. The summed E-state index contributed by atoms with van der Waals surface area (Å²) in [6, 6.07) is 3.86. The van der Waals surface area contributed by atoms with Gasteiger partial charge in [0, 0.05) is 38.1 Å². The molecule has 8 heteroatoms. The van der Waals surface area contributed by atoms with Gasteiger partial charge in [-0.05, 0) is 44.1 Å². The van der Waals surface area contributed by atoms with Gasteiger partial charge in [0.05, 0.1) is 19.2 Å². The van der Waals surface area contributed by atoms with Crippen molar-refractivity contribution in [2.75, 3.05) is 19.7 Å². The summed E-state index contributed by atoms with van der Waals surface area (Å²) < 4.78 is 9.53. The minimum absolute atomic E-state index is 0.0128. The lowest BCUT2D eigenvalue weighted by atomic mass is 9.97. The van der Waals surface area contributed by atoms with E-state index in [1.807, 2.05) is 35.4 Å². The lowest BCUT2D eigenvalue weighted by Gasteiger charge is -2.30. The number of pyridine rings is 1. The quantitative estimate of drug-likeness (QED) is 0.601. The molecule has 0 aliphatic carbocycles. The molecule has 0 bridgehead atoms. The van der Waals surface area contributed by atoms with Crippen molar-refractivity contribution in [3.63, 3.8) is 0 Å². The van der Waals surface area contributed by atoms with E-state index in [2.05, 4.69) is 15.0 Å². The predicted molar refractivity (Wildman–Crippen MR) is 96.2 cm³/mol. The first-order valence-electron chi connectivity index (χ1n) is 8.53. The Kier molecular flexibility index (Phi) is 5.60. The molecule has 1 aliphatic heterocycles. The lowest BCUT2D eigenvalue weighted by Crippen LogP contribution is -2.38. The van der Waals surface area contributed by atoms with E-state index in [0.29, 0.717) is 18.0 Å². The maximum absolute atomic E-state index is 11.8. The van der Waals surface area contributed by atoms with Gasteiger partial charge in [-0.25, -0.2) is 4.68 Å². The highest BCUT2D eigenvalue weighted by molar-refractivity contribution is 7.71. The number of hydrogen-bond donors (Lipinski definition) is 0. The van der Waals surface area contributed by atoms with Gasteiger partial charge >= 0.3 is 5.97 Å². The second-order valence-electron chi connectivity index (χ2n) is 6.19. The van der Waals surface area contributed by atoms with Gasteiger partial charge in [0.1, 0.15) is 0 Å². The average molecular weight is 361 g/mol. The van der Waals surface area contributed by atoms with Gasteiger partial charge in [-0.3, -0.25) is 14.7 Å². The highest BCUT2D eigenvalue weighted by Gasteiger charge is 2.26. The number of rotatable bonds is 5. The van der Waals surface area contributed by atoms with Crippen molar-refractivity contribution in [2.45, 2.75) is 26.4 Å². The third-order valence-electron chi connectivity index (χ3n) is 4.50. The summed E-state index contributed by atoms with van der Waals surface area (Å²) in [5.41, 5.74) is 0.941. The van der Waals surface area contributed by atoms with Crippen LogP contribution in [-0.4, -0.2) is 49.9 Å². The van der Waals surface area contributed by atoms with Gasteiger partial charge in [-0.1, -0.05) is 0 Å². The van der Waals surface area contributed by atoms with Gasteiger partial charge in [-0.2, -0.15) is 5.10 Å². The zero-order valence-corrected chi connectivity index (χ0v) is 15.4. The first kappa shape index (κ1) is 17.8. The Morgan fingerprint density at radius 1 is 1.40 bits per heavy atom. The van der Waals surface area contributed by atoms with Crippen LogP contribution in [0, 0.1) is 10.7 Å². The fourth-order valence-electron chi connectivity index (χ4n) is 3.09. The molecule has 1 fully saturated rings. The smallest absolute Gasteiger partial charge is 0.309 e. The SMILES string of the molecule is CCOC(=O)C1CCN(Cn2nc(-c3cccnc3)n(C)c2=S)CC1. The van der Waals surface area contributed by atoms with Crippen LogP contribution in [0.25, 0.3) is 11.4 Å². The molecule has 0 saturated carbocycles. The van der Waals surface area contributed by atoms with Crippen LogP contribution in [0.15, 0.2) is 24.5 Å². The zero-order valence-electron chi connectivity index (χ0n) is 14.6. The molecule has 3 heterocycles. The van der Waals surface area contributed by atoms with Crippen LogP contribution in [0.1, 0.15) is 19.8 Å². The summed E-state index contributed by atoms with van der Waals surface area (Å²) >= 11 is 5.52. The Labute approximate surface area is 152 Å². The molecule has 134 valence electrons. The molecular formula is C17H23N5O2S. The first-order valence-corrected chi connectivity index (χ1v) is 8.94. The molecule has 1 aliphatic rings. The minimum Gasteiger partial charge on any atom is -0.466 e. The molecule has 2 aromatic rings. The third-order valence-corrected chi connectivity index (χ3v) is 4.99. The normalized spacial score (nSPS) is 16.1. The van der Waals surface area contributed by atoms with E-state index in [9.17, 15) is 4.79 Å². The standard InChI is InChI=1S/C17H23N5O2S/c1-3-24-16(23)13-6-9-21(10-7-13)12-22-17(25)20(2)15(19-22)14-5-4-8-18-11-14/h4-5,8,11,13H,3,6-7,9-10,12H2,1-2H3. The summed E-state index contributed by atoms with van der Waals surface area (Å²) in [6.45, 7) is 4.59. The first-order chi connectivity index (χ1) is 12.1. The van der Waals surface area contributed by atoms with Crippen molar-refractivity contribution >= 4 is 18.2 Å². The molecule has 3 rings (SSSR count). The molecule has 0 N–H and O–H groups in total. The number of carbonyl (C=O) groups excluding carboxylic acids is 1. The van der Waals surface area contributed by atoms with Crippen molar-refractivity contribution in [2.24, 2.45) is 13.0 Å². The number of aromatic nitrogens is 4. The molecule has 0 unspecified atom stereocenters. The second kappa shape index (κ2) is 7.88. The van der Waals surface area contributed by atoms with E-state index >= 15 is 0 Å². The highest BCUT2D eigenvalue weighted by atomic mass is 32.1. The average Bonchev–Trinajstić information content (AvgIpc) is 2.92. The van der Waals surface area contributed by atoms with Crippen LogP contribution >= 0.6 is 12.2 Å². The third kappa shape index (κ3) is 3.96. The van der Waals surface area contributed by atoms with Crippen molar-refractivity contribution in [1.29, 1.82) is 0 Å². The van der Waals surface area contributed by atoms with Gasteiger partial charge in [0.2, 0.25) is 0 Å². The number of ether oxygens (including phenoxy) is 1. The van der Waals surface area contributed by atoms with Crippen LogP contribution in [0.4, 0.5) is 0 Å². The van der Waals surface area contributed by atoms with Crippen molar-refractivity contribution < 1.29 is 9.53 Å². The Morgan fingerprint density at radius 2 is 2.16 bits per heavy atom. The number of piperidine rings is 1. The Bertz CT molecular complexity index is 778. The van der Waals surface area contributed by atoms with Gasteiger partial charge in [0.25, 0.3) is 0 Å². The van der Waals surface area contributed by atoms with Crippen LogP contribution in [-0.2, 0) is 23.2 Å². The summed E-state index contributed by atoms with van der Waals surface area (Å²) in [6.07, 6.45) is 5.15. The summed E-state index contributed by atoms with van der Waals surface area (Å²) in [4.78, 5) is 18.3. The lowest BCUT2D eigenvalue weighted by molar-refractivity contribution is -0.149. The van der Waals surface area contributed by atoms with E-state index in [1.54, 1.807) is 12.4 Å². The molecule has 1 saturated heterocycles. The van der Waals surface area contributed by atoms with Crippen molar-refractivity contribution in [1.82, 2.24) is 24.2 Å². The van der Waals surface area contributed by atoms with Gasteiger partial charge in [0.15, 0.2) is 10.6 Å². The maximum Gasteiger partial charge on any atom is 0.309 e. The number of hydrogen-bond acceptors (Lipinski definition) is 6. The summed E-state index contributed by atoms with van der Waals surface area (Å²) in [5.74, 6) is 0.744. The largest absolute Gasteiger partial charge is 0.466 e. The minimum atomic E-state index is -0.0736. The Morgan fingerprint density at radius 3 is 2.80 bits per heavy atom. The molecule has 25 heavy (non-hydrogen) atoms. The molecule has 2 aromatic heterocycles. The van der Waals surface area contributed by atoms with E-state index in [-0.39, 0.29) is 11.9 Å². The molecular weight excluding hydrogens is 338 g/mol. The second-order valence-corrected chi connectivity index (χ2v) is 6.56. The molecule has 0 amide bonds. The molecule has 7 nitrogen and oxygen atoms in total. The topological polar surface area (TPSA) is 65.2 Å². The van der Waals surface area contributed by atoms with Gasteiger partial charge in [-0.15, -0.1) is 0 Å². The monoisotopic (exact) mass is 361 g/mol. The van der Waals surface area contributed by atoms with Crippen LogP contribution in [0.2, 0.25) is 0 Å². The predicted octanol–water partition coefficient (Wildman–Crippen LogP) is 2.25. The fourth-order valence-corrected chi connectivity index (χ4v) is 3.27. The zero-order chi connectivity index (χ0) is 17.8. The van der Waals surface area contributed by atoms with Crippen LogP contribution in [0.5, 0.6) is 0 Å². The van der Waals surface area contributed by atoms with Crippen LogP contribution < -0.4 is 0 Å². The van der Waals surface area contributed by atoms with Crippen LogP contribution in [0.3, 0.4) is 0 Å². The van der Waals surface area contributed by atoms with E-state index in [0.717, 1.165) is 37.3 Å². The number of esters is 1. The van der Waals surface area contributed by atoms with Crippen molar-refractivity contribution in [3.05, 3.63) is 29.3 Å². The number of carbonyl (C=O) groups is 1. The van der Waals surface area contributed by atoms with Gasteiger partial charge < -0.3 is 9.30 Å². The van der Waals surface area contributed by atoms with E-state index in [4.69, 9.17) is 17.0 Å². The maximum atomic E-state index is 11.8. The fraction of sp³-hybridized carbons (Fsp3) is 0.529. The highest BCUT2D eigenvalue weighted by Crippen LogP contribution is 2.20. The number of nitrogens with zero attached hydrogens (tertiary/aromatic N) is 5.